The van der Waals surface area contributed by atoms with Gasteiger partial charge in [-0.2, -0.15) is 0 Å². The van der Waals surface area contributed by atoms with Crippen LogP contribution in [0.4, 0.5) is 11.4 Å². The third-order valence-corrected chi connectivity index (χ3v) is 2.86. The van der Waals surface area contributed by atoms with Crippen molar-refractivity contribution < 1.29 is 9.66 Å². The number of anilines is 1. The lowest BCUT2D eigenvalue weighted by Crippen LogP contribution is -1.96. The summed E-state index contributed by atoms with van der Waals surface area (Å²) in [6.45, 7) is 0. The highest BCUT2D eigenvalue weighted by atomic mass is 35.5. The van der Waals surface area contributed by atoms with Gasteiger partial charge in [-0.25, -0.2) is 0 Å². The van der Waals surface area contributed by atoms with Gasteiger partial charge in [-0.3, -0.25) is 10.1 Å². The number of ether oxygens (including phenoxy) is 1. The summed E-state index contributed by atoms with van der Waals surface area (Å²) in [5, 5.41) is 11.5. The molecule has 0 saturated heterocycles. The van der Waals surface area contributed by atoms with Gasteiger partial charge in [0, 0.05) is 23.2 Å². The van der Waals surface area contributed by atoms with E-state index >= 15 is 0 Å². The van der Waals surface area contributed by atoms with Crippen LogP contribution in [0.3, 0.4) is 0 Å². The van der Waals surface area contributed by atoms with Crippen molar-refractivity contribution in [1.29, 1.82) is 0 Å². The van der Waals surface area contributed by atoms with Crippen molar-refractivity contribution in [2.24, 2.45) is 0 Å². The molecular weight excluding hydrogens is 291 g/mol. The third kappa shape index (κ3) is 3.07. The summed E-state index contributed by atoms with van der Waals surface area (Å²) in [6.07, 6.45) is 0. The minimum absolute atomic E-state index is 0.0145. The minimum Gasteiger partial charge on any atom is -0.456 e. The molecule has 0 heterocycles. The Hall–Kier alpha value is -1.98. The number of hydrogen-bond acceptors (Lipinski definition) is 4. The molecule has 5 nitrogen and oxygen atoms in total. The fourth-order valence-corrected chi connectivity index (χ4v) is 1.76. The van der Waals surface area contributed by atoms with Gasteiger partial charge in [0.05, 0.1) is 9.95 Å². The van der Waals surface area contributed by atoms with Crippen LogP contribution in [0.1, 0.15) is 0 Å². The van der Waals surface area contributed by atoms with E-state index in [1.807, 2.05) is 0 Å². The van der Waals surface area contributed by atoms with Gasteiger partial charge < -0.3 is 10.5 Å². The Morgan fingerprint density at radius 2 is 1.89 bits per heavy atom. The van der Waals surface area contributed by atoms with Crippen molar-refractivity contribution >= 4 is 34.6 Å². The molecule has 0 fully saturated rings. The molecule has 0 amide bonds. The van der Waals surface area contributed by atoms with Crippen LogP contribution in [0.5, 0.6) is 11.5 Å². The molecule has 0 aromatic heterocycles. The SMILES string of the molecule is Nc1cc(Oc2cc(Cl)ccc2Cl)ccc1[N+](=O)[O-]. The molecule has 0 bridgehead atoms. The molecule has 0 aliphatic carbocycles. The summed E-state index contributed by atoms with van der Waals surface area (Å²) < 4.78 is 5.49. The molecule has 0 spiro atoms. The van der Waals surface area contributed by atoms with Crippen molar-refractivity contribution in [3.63, 3.8) is 0 Å². The smallest absolute Gasteiger partial charge is 0.292 e. The third-order valence-electron chi connectivity index (χ3n) is 2.32. The Morgan fingerprint density at radius 1 is 1.16 bits per heavy atom. The number of nitro groups is 1. The second kappa shape index (κ2) is 5.34. The van der Waals surface area contributed by atoms with E-state index in [9.17, 15) is 10.1 Å². The van der Waals surface area contributed by atoms with Gasteiger partial charge >= 0.3 is 0 Å². The summed E-state index contributed by atoms with van der Waals surface area (Å²) in [4.78, 5) is 10.1. The summed E-state index contributed by atoms with van der Waals surface area (Å²) in [5.41, 5.74) is 5.40. The molecule has 0 atom stereocenters. The predicted octanol–water partition coefficient (Wildman–Crippen LogP) is 4.28. The zero-order valence-corrected chi connectivity index (χ0v) is 11.0. The topological polar surface area (TPSA) is 78.4 Å². The van der Waals surface area contributed by atoms with Crippen LogP contribution in [-0.4, -0.2) is 4.92 Å². The molecule has 2 aromatic rings. The number of benzene rings is 2. The number of nitrogens with zero attached hydrogens (tertiary/aromatic N) is 1. The molecule has 0 radical (unpaired) electrons. The summed E-state index contributed by atoms with van der Waals surface area (Å²) in [6, 6.07) is 8.82. The van der Waals surface area contributed by atoms with Gasteiger partial charge in [0.25, 0.3) is 5.69 Å². The lowest BCUT2D eigenvalue weighted by Gasteiger charge is -2.08. The lowest BCUT2D eigenvalue weighted by atomic mass is 10.2. The predicted molar refractivity (Wildman–Crippen MR) is 74.0 cm³/mol. The molecule has 2 rings (SSSR count). The highest BCUT2D eigenvalue weighted by Gasteiger charge is 2.12. The Morgan fingerprint density at radius 3 is 2.53 bits per heavy atom. The van der Waals surface area contributed by atoms with Crippen molar-refractivity contribution in [1.82, 2.24) is 0 Å². The van der Waals surface area contributed by atoms with Gasteiger partial charge in [-0.15, -0.1) is 0 Å². The van der Waals surface area contributed by atoms with Gasteiger partial charge in [0.1, 0.15) is 17.2 Å². The Labute approximate surface area is 118 Å². The first-order valence-corrected chi connectivity index (χ1v) is 5.90. The van der Waals surface area contributed by atoms with Crippen LogP contribution >= 0.6 is 23.2 Å². The fraction of sp³-hybridized carbons (Fsp3) is 0. The quantitative estimate of drug-likeness (QED) is 0.521. The number of nitrogen functional groups attached to an aromatic ring is 1. The average molecular weight is 299 g/mol. The molecular formula is C12H8Cl2N2O3. The van der Waals surface area contributed by atoms with Gasteiger partial charge in [0.2, 0.25) is 0 Å². The van der Waals surface area contributed by atoms with E-state index in [2.05, 4.69) is 0 Å². The first-order valence-electron chi connectivity index (χ1n) is 5.14. The zero-order chi connectivity index (χ0) is 14.0. The highest BCUT2D eigenvalue weighted by molar-refractivity contribution is 6.34. The van der Waals surface area contributed by atoms with Crippen molar-refractivity contribution in [3.05, 3.63) is 56.6 Å². The molecule has 0 saturated carbocycles. The van der Waals surface area contributed by atoms with E-state index in [1.165, 1.54) is 18.2 Å². The molecule has 19 heavy (non-hydrogen) atoms. The maximum absolute atomic E-state index is 10.6. The molecule has 0 aliphatic heterocycles. The van der Waals surface area contributed by atoms with E-state index in [0.717, 1.165) is 0 Å². The largest absolute Gasteiger partial charge is 0.456 e. The highest BCUT2D eigenvalue weighted by Crippen LogP contribution is 2.34. The Balaban J connectivity index is 2.31. The van der Waals surface area contributed by atoms with Crippen LogP contribution in [0.2, 0.25) is 10.0 Å². The van der Waals surface area contributed by atoms with Crippen molar-refractivity contribution in [3.8, 4) is 11.5 Å². The zero-order valence-electron chi connectivity index (χ0n) is 9.47. The van der Waals surface area contributed by atoms with Gasteiger partial charge in [-0.1, -0.05) is 23.2 Å². The van der Waals surface area contributed by atoms with E-state index in [0.29, 0.717) is 21.5 Å². The average Bonchev–Trinajstić information content (AvgIpc) is 2.33. The number of rotatable bonds is 3. The van der Waals surface area contributed by atoms with Crippen molar-refractivity contribution in [2.75, 3.05) is 5.73 Å². The van der Waals surface area contributed by atoms with Crippen LogP contribution in [-0.2, 0) is 0 Å². The number of nitro benzene ring substituents is 1. The van der Waals surface area contributed by atoms with E-state index in [1.54, 1.807) is 18.2 Å². The Bertz CT molecular complexity index is 647. The number of hydrogen-bond donors (Lipinski definition) is 1. The van der Waals surface area contributed by atoms with Crippen LogP contribution in [0.15, 0.2) is 36.4 Å². The number of nitrogens with two attached hydrogens (primary N) is 1. The van der Waals surface area contributed by atoms with Crippen molar-refractivity contribution in [2.45, 2.75) is 0 Å². The van der Waals surface area contributed by atoms with E-state index < -0.39 is 4.92 Å². The summed E-state index contributed by atoms with van der Waals surface area (Å²) >= 11 is 11.8. The van der Waals surface area contributed by atoms with E-state index in [4.69, 9.17) is 33.7 Å². The summed E-state index contributed by atoms with van der Waals surface area (Å²) in [5.74, 6) is 0.690. The maximum atomic E-state index is 10.6. The Kier molecular flexibility index (Phi) is 3.78. The molecule has 0 unspecified atom stereocenters. The molecule has 0 aliphatic rings. The monoisotopic (exact) mass is 298 g/mol. The molecule has 7 heteroatoms. The second-order valence-electron chi connectivity index (χ2n) is 3.65. The second-order valence-corrected chi connectivity index (χ2v) is 4.50. The van der Waals surface area contributed by atoms with Crippen LogP contribution < -0.4 is 10.5 Å². The first kappa shape index (κ1) is 13.5. The molecule has 2 N–H and O–H groups in total. The number of halogens is 2. The van der Waals surface area contributed by atoms with Gasteiger partial charge in [-0.05, 0) is 18.2 Å². The molecule has 2 aromatic carbocycles. The minimum atomic E-state index is -0.564. The standard InChI is InChI=1S/C12H8Cl2N2O3/c13-7-1-3-9(14)12(5-7)19-8-2-4-11(16(17)18)10(15)6-8/h1-6H,15H2. The maximum Gasteiger partial charge on any atom is 0.292 e. The fourth-order valence-electron chi connectivity index (χ4n) is 1.44. The lowest BCUT2D eigenvalue weighted by molar-refractivity contribution is -0.383. The van der Waals surface area contributed by atoms with Crippen LogP contribution in [0.25, 0.3) is 0 Å². The van der Waals surface area contributed by atoms with Gasteiger partial charge in [0.15, 0.2) is 0 Å². The van der Waals surface area contributed by atoms with Crippen LogP contribution in [0, 0.1) is 10.1 Å². The van der Waals surface area contributed by atoms with E-state index in [-0.39, 0.29) is 11.4 Å². The first-order chi connectivity index (χ1) is 8.97. The summed E-state index contributed by atoms with van der Waals surface area (Å²) in [7, 11) is 0. The molecule has 98 valence electrons. The normalized spacial score (nSPS) is 10.2.